The van der Waals surface area contributed by atoms with Gasteiger partial charge in [0.05, 0.1) is 0 Å². The van der Waals surface area contributed by atoms with Gasteiger partial charge in [-0.05, 0) is 22.9 Å². The number of hydrogen-bond acceptors (Lipinski definition) is 2. The summed E-state index contributed by atoms with van der Waals surface area (Å²) in [5.74, 6) is 5.08. The highest BCUT2D eigenvalue weighted by atomic mass is 16.2. The van der Waals surface area contributed by atoms with Crippen LogP contribution in [0.1, 0.15) is 0 Å². The van der Waals surface area contributed by atoms with Crippen LogP contribution in [0.15, 0.2) is 42.5 Å². The van der Waals surface area contributed by atoms with Gasteiger partial charge in [-0.2, -0.15) is 0 Å². The number of hydrogen-bond donors (Lipinski definition) is 2. The average Bonchev–Trinajstić information content (AvgIpc) is 2.36. The molecule has 2 rings (SSSR count). The first-order valence-corrected chi connectivity index (χ1v) is 4.95. The summed E-state index contributed by atoms with van der Waals surface area (Å²) in [6.45, 7) is 0. The number of nitrogens with one attached hydrogen (secondary N) is 1. The van der Waals surface area contributed by atoms with E-state index < -0.39 is 0 Å². The van der Waals surface area contributed by atoms with Crippen LogP contribution in [0.5, 0.6) is 0 Å². The third-order valence-electron chi connectivity index (χ3n) is 2.55. The van der Waals surface area contributed by atoms with E-state index in [4.69, 9.17) is 5.84 Å². The minimum absolute atomic E-state index is 0.338. The molecule has 0 bridgehead atoms. The Balaban J connectivity index is 2.43. The fourth-order valence-corrected chi connectivity index (χ4v) is 1.60. The van der Waals surface area contributed by atoms with Crippen molar-refractivity contribution in [2.75, 3.05) is 11.9 Å². The largest absolute Gasteiger partial charge is 0.335 e. The van der Waals surface area contributed by atoms with Crippen molar-refractivity contribution in [1.82, 2.24) is 5.43 Å². The number of amides is 2. The van der Waals surface area contributed by atoms with E-state index in [0.29, 0.717) is 0 Å². The van der Waals surface area contributed by atoms with Crippen LogP contribution in [0.2, 0.25) is 0 Å². The molecule has 0 spiro atoms. The Hall–Kier alpha value is -2.07. The van der Waals surface area contributed by atoms with Crippen molar-refractivity contribution in [2.24, 2.45) is 5.84 Å². The lowest BCUT2D eigenvalue weighted by atomic mass is 10.1. The lowest BCUT2D eigenvalue weighted by Crippen LogP contribution is -2.41. The summed E-state index contributed by atoms with van der Waals surface area (Å²) in [5, 5.41) is 2.24. The zero-order valence-corrected chi connectivity index (χ0v) is 8.97. The molecule has 0 saturated carbocycles. The van der Waals surface area contributed by atoms with Crippen LogP contribution in [-0.2, 0) is 0 Å². The van der Waals surface area contributed by atoms with Crippen molar-refractivity contribution >= 4 is 22.5 Å². The molecule has 0 saturated heterocycles. The highest BCUT2D eigenvalue weighted by Crippen LogP contribution is 2.21. The molecule has 2 amide bonds. The SMILES string of the molecule is CN(C(=O)NN)c1ccc2ccccc2c1. The Kier molecular flexibility index (Phi) is 2.74. The maximum Gasteiger partial charge on any atom is 0.335 e. The molecule has 2 aromatic rings. The van der Waals surface area contributed by atoms with Gasteiger partial charge in [-0.1, -0.05) is 30.3 Å². The molecule has 0 aliphatic rings. The van der Waals surface area contributed by atoms with Crippen molar-refractivity contribution in [3.63, 3.8) is 0 Å². The zero-order valence-electron chi connectivity index (χ0n) is 8.97. The molecule has 82 valence electrons. The number of hydrazine groups is 1. The molecule has 4 heteroatoms. The van der Waals surface area contributed by atoms with Crippen molar-refractivity contribution in [3.05, 3.63) is 42.5 Å². The second kappa shape index (κ2) is 4.20. The summed E-state index contributed by atoms with van der Waals surface area (Å²) in [5.41, 5.74) is 2.91. The first-order chi connectivity index (χ1) is 7.72. The number of nitrogens with zero attached hydrogens (tertiary/aromatic N) is 1. The smallest absolute Gasteiger partial charge is 0.296 e. The Labute approximate surface area is 93.6 Å². The fourth-order valence-electron chi connectivity index (χ4n) is 1.60. The van der Waals surface area contributed by atoms with Crippen LogP contribution < -0.4 is 16.2 Å². The first kappa shape index (κ1) is 10.4. The highest BCUT2D eigenvalue weighted by Gasteiger charge is 2.08. The molecule has 0 fully saturated rings. The van der Waals surface area contributed by atoms with E-state index in [2.05, 4.69) is 5.43 Å². The molecule has 0 heterocycles. The lowest BCUT2D eigenvalue weighted by Gasteiger charge is -2.16. The Morgan fingerprint density at radius 2 is 1.88 bits per heavy atom. The van der Waals surface area contributed by atoms with Gasteiger partial charge < -0.3 is 0 Å². The molecule has 16 heavy (non-hydrogen) atoms. The summed E-state index contributed by atoms with van der Waals surface area (Å²) in [6.07, 6.45) is 0. The second-order valence-corrected chi connectivity index (χ2v) is 3.54. The maximum atomic E-state index is 11.3. The van der Waals surface area contributed by atoms with Crippen molar-refractivity contribution in [1.29, 1.82) is 0 Å². The third kappa shape index (κ3) is 1.83. The number of fused-ring (bicyclic) bond motifs is 1. The van der Waals surface area contributed by atoms with Gasteiger partial charge in [0.1, 0.15) is 0 Å². The average molecular weight is 215 g/mol. The van der Waals surface area contributed by atoms with Gasteiger partial charge >= 0.3 is 6.03 Å². The van der Waals surface area contributed by atoms with Crippen LogP contribution in [0.25, 0.3) is 10.8 Å². The van der Waals surface area contributed by atoms with Gasteiger partial charge in [-0.25, -0.2) is 10.6 Å². The molecule has 0 aromatic heterocycles. The summed E-state index contributed by atoms with van der Waals surface area (Å²) >= 11 is 0. The second-order valence-electron chi connectivity index (χ2n) is 3.54. The Morgan fingerprint density at radius 1 is 1.19 bits per heavy atom. The van der Waals surface area contributed by atoms with Crippen LogP contribution in [0.4, 0.5) is 10.5 Å². The topological polar surface area (TPSA) is 58.4 Å². The van der Waals surface area contributed by atoms with Gasteiger partial charge in [0.15, 0.2) is 0 Å². The number of nitrogens with two attached hydrogens (primary N) is 1. The quantitative estimate of drug-likeness (QED) is 0.433. The minimum Gasteiger partial charge on any atom is -0.296 e. The van der Waals surface area contributed by atoms with Crippen molar-refractivity contribution in [2.45, 2.75) is 0 Å². The number of rotatable bonds is 1. The number of anilines is 1. The molecule has 2 aromatic carbocycles. The van der Waals surface area contributed by atoms with Gasteiger partial charge in [0, 0.05) is 12.7 Å². The number of carbonyl (C=O) groups excluding carboxylic acids is 1. The summed E-state index contributed by atoms with van der Waals surface area (Å²) < 4.78 is 0. The zero-order chi connectivity index (χ0) is 11.5. The lowest BCUT2D eigenvalue weighted by molar-refractivity contribution is 0.248. The van der Waals surface area contributed by atoms with Crippen LogP contribution in [-0.4, -0.2) is 13.1 Å². The van der Waals surface area contributed by atoms with E-state index in [9.17, 15) is 4.79 Å². The molecular weight excluding hydrogens is 202 g/mol. The number of urea groups is 1. The predicted molar refractivity (Wildman–Crippen MR) is 65.1 cm³/mol. The van der Waals surface area contributed by atoms with E-state index in [1.165, 1.54) is 4.90 Å². The van der Waals surface area contributed by atoms with Crippen LogP contribution in [0.3, 0.4) is 0 Å². The van der Waals surface area contributed by atoms with Gasteiger partial charge in [-0.15, -0.1) is 0 Å². The van der Waals surface area contributed by atoms with E-state index in [-0.39, 0.29) is 6.03 Å². The molecule has 0 radical (unpaired) electrons. The van der Waals surface area contributed by atoms with Gasteiger partial charge in [0.2, 0.25) is 0 Å². The number of benzene rings is 2. The van der Waals surface area contributed by atoms with E-state index >= 15 is 0 Å². The fraction of sp³-hybridized carbons (Fsp3) is 0.0833. The minimum atomic E-state index is -0.338. The van der Waals surface area contributed by atoms with Crippen molar-refractivity contribution in [3.8, 4) is 0 Å². The third-order valence-corrected chi connectivity index (χ3v) is 2.55. The van der Waals surface area contributed by atoms with Gasteiger partial charge in [-0.3, -0.25) is 10.3 Å². The van der Waals surface area contributed by atoms with Crippen LogP contribution >= 0.6 is 0 Å². The molecule has 0 aliphatic carbocycles. The molecule has 0 aliphatic heterocycles. The molecule has 0 unspecified atom stereocenters. The van der Waals surface area contributed by atoms with E-state index in [1.807, 2.05) is 42.5 Å². The normalized spacial score (nSPS) is 10.1. The van der Waals surface area contributed by atoms with Gasteiger partial charge in [0.25, 0.3) is 0 Å². The highest BCUT2D eigenvalue weighted by molar-refractivity contribution is 5.94. The predicted octanol–water partition coefficient (Wildman–Crippen LogP) is 1.86. The van der Waals surface area contributed by atoms with E-state index in [1.54, 1.807) is 7.05 Å². The number of carbonyl (C=O) groups is 1. The summed E-state index contributed by atoms with van der Waals surface area (Å²) in [4.78, 5) is 12.8. The van der Waals surface area contributed by atoms with Crippen LogP contribution in [0, 0.1) is 0 Å². The Morgan fingerprint density at radius 3 is 2.56 bits per heavy atom. The molecule has 0 atom stereocenters. The summed E-state index contributed by atoms with van der Waals surface area (Å²) in [7, 11) is 1.67. The Bertz CT molecular complexity index is 524. The monoisotopic (exact) mass is 215 g/mol. The standard InChI is InChI=1S/C12H13N3O/c1-15(12(16)14-13)11-7-6-9-4-2-3-5-10(9)8-11/h2-8H,13H2,1H3,(H,14,16). The van der Waals surface area contributed by atoms with Crippen molar-refractivity contribution < 1.29 is 4.79 Å². The van der Waals surface area contributed by atoms with E-state index in [0.717, 1.165) is 16.5 Å². The molecule has 3 N–H and O–H groups in total. The molecular formula is C12H13N3O. The summed E-state index contributed by atoms with van der Waals surface area (Å²) in [6, 6.07) is 13.5. The molecule has 4 nitrogen and oxygen atoms in total. The first-order valence-electron chi connectivity index (χ1n) is 4.95. The maximum absolute atomic E-state index is 11.3.